The molecule has 0 unspecified atom stereocenters. The van der Waals surface area contributed by atoms with Gasteiger partial charge in [-0.05, 0) is 25.8 Å². The van der Waals surface area contributed by atoms with E-state index in [2.05, 4.69) is 4.72 Å². The van der Waals surface area contributed by atoms with Gasteiger partial charge in [-0.2, -0.15) is 0 Å². The smallest absolute Gasteiger partial charge is 0.214 e. The van der Waals surface area contributed by atoms with Crippen molar-refractivity contribution in [2.45, 2.75) is 25.8 Å². The minimum absolute atomic E-state index is 0.0467. The number of hydrogen-bond acceptors (Lipinski definition) is 4. The molecule has 0 bridgehead atoms. The Balaban J connectivity index is 2.45. The molecule has 0 amide bonds. The number of nitrogens with one attached hydrogen (secondary N) is 1. The van der Waals surface area contributed by atoms with Crippen LogP contribution in [0.5, 0.6) is 0 Å². The lowest BCUT2D eigenvalue weighted by molar-refractivity contribution is 0.0784. The topological polar surface area (TPSA) is 64.6 Å². The number of methoxy groups -OCH3 is 1. The van der Waals surface area contributed by atoms with Gasteiger partial charge in [0.15, 0.2) is 0 Å². The van der Waals surface area contributed by atoms with E-state index in [0.29, 0.717) is 19.6 Å². The molecule has 0 radical (unpaired) electrons. The zero-order valence-electron chi connectivity index (χ0n) is 13.0. The summed E-state index contributed by atoms with van der Waals surface area (Å²) < 4.78 is 36.9. The van der Waals surface area contributed by atoms with Crippen LogP contribution in [0.2, 0.25) is 0 Å². The van der Waals surface area contributed by atoms with Crippen molar-refractivity contribution in [3.63, 3.8) is 0 Å². The number of hydrogen-bond donors (Lipinski definition) is 1. The average Bonchev–Trinajstić information content (AvgIpc) is 2.37. The highest BCUT2D eigenvalue weighted by molar-refractivity contribution is 7.89. The molecule has 21 heavy (non-hydrogen) atoms. The van der Waals surface area contributed by atoms with Gasteiger partial charge in [0.25, 0.3) is 0 Å². The van der Waals surface area contributed by atoms with Crippen molar-refractivity contribution in [2.24, 2.45) is 0 Å². The third-order valence-electron chi connectivity index (χ3n) is 2.85. The molecule has 0 aromatic heterocycles. The second kappa shape index (κ2) is 8.48. The largest absolute Gasteiger partial charge is 0.382 e. The van der Waals surface area contributed by atoms with Gasteiger partial charge in [-0.15, -0.1) is 0 Å². The van der Waals surface area contributed by atoms with Gasteiger partial charge < -0.3 is 9.47 Å². The van der Waals surface area contributed by atoms with Crippen molar-refractivity contribution < 1.29 is 17.9 Å². The molecule has 0 aliphatic heterocycles. The van der Waals surface area contributed by atoms with Gasteiger partial charge in [0.05, 0.1) is 25.6 Å². The van der Waals surface area contributed by atoms with E-state index in [0.717, 1.165) is 5.56 Å². The highest BCUT2D eigenvalue weighted by Gasteiger charge is 2.24. The number of ether oxygens (including phenoxy) is 2. The molecule has 0 aliphatic carbocycles. The van der Waals surface area contributed by atoms with Crippen LogP contribution in [0, 0.1) is 0 Å². The maximum absolute atomic E-state index is 12.0. The first-order valence-corrected chi connectivity index (χ1v) is 8.62. The lowest BCUT2D eigenvalue weighted by Gasteiger charge is -2.26. The molecular weight excluding hydrogens is 290 g/mol. The Morgan fingerprint density at radius 2 is 1.76 bits per heavy atom. The SMILES string of the molecule is COCCOCCS(=O)(=O)NC(C)(C)Cc1ccccc1. The highest BCUT2D eigenvalue weighted by Crippen LogP contribution is 2.13. The third kappa shape index (κ3) is 8.16. The number of benzene rings is 1. The van der Waals surface area contributed by atoms with Crippen LogP contribution >= 0.6 is 0 Å². The zero-order valence-corrected chi connectivity index (χ0v) is 13.8. The Kier molecular flexibility index (Phi) is 7.31. The monoisotopic (exact) mass is 315 g/mol. The van der Waals surface area contributed by atoms with Gasteiger partial charge in [0.2, 0.25) is 10.0 Å². The summed E-state index contributed by atoms with van der Waals surface area (Å²) in [6, 6.07) is 9.82. The van der Waals surface area contributed by atoms with Gasteiger partial charge in [-0.1, -0.05) is 30.3 Å². The van der Waals surface area contributed by atoms with E-state index in [1.54, 1.807) is 7.11 Å². The van der Waals surface area contributed by atoms with Gasteiger partial charge in [-0.25, -0.2) is 13.1 Å². The third-order valence-corrected chi connectivity index (χ3v) is 4.42. The van der Waals surface area contributed by atoms with E-state index in [9.17, 15) is 8.42 Å². The second-order valence-electron chi connectivity index (χ2n) is 5.57. The molecule has 1 N–H and O–H groups in total. The molecule has 6 heteroatoms. The number of rotatable bonds is 10. The maximum Gasteiger partial charge on any atom is 0.214 e. The molecule has 0 saturated heterocycles. The first kappa shape index (κ1) is 18.1. The van der Waals surface area contributed by atoms with Crippen LogP contribution in [-0.4, -0.2) is 46.6 Å². The Morgan fingerprint density at radius 3 is 2.38 bits per heavy atom. The van der Waals surface area contributed by atoms with Crippen LogP contribution < -0.4 is 4.72 Å². The average molecular weight is 315 g/mol. The quantitative estimate of drug-likeness (QED) is 0.666. The minimum Gasteiger partial charge on any atom is -0.382 e. The van der Waals surface area contributed by atoms with Gasteiger partial charge in [0.1, 0.15) is 0 Å². The van der Waals surface area contributed by atoms with Gasteiger partial charge in [0, 0.05) is 12.6 Å². The lowest BCUT2D eigenvalue weighted by atomic mass is 9.96. The van der Waals surface area contributed by atoms with Crippen LogP contribution in [0.3, 0.4) is 0 Å². The molecule has 1 rings (SSSR count). The van der Waals surface area contributed by atoms with Crippen LogP contribution in [0.4, 0.5) is 0 Å². The summed E-state index contributed by atoms with van der Waals surface area (Å²) in [6.45, 7) is 4.79. The fourth-order valence-electron chi connectivity index (χ4n) is 2.03. The van der Waals surface area contributed by atoms with Crippen molar-refractivity contribution >= 4 is 10.0 Å². The van der Waals surface area contributed by atoms with Crippen molar-refractivity contribution in [1.82, 2.24) is 4.72 Å². The molecule has 120 valence electrons. The maximum atomic E-state index is 12.0. The fourth-order valence-corrected chi connectivity index (χ4v) is 3.38. The Labute approximate surface area is 127 Å². The van der Waals surface area contributed by atoms with Crippen LogP contribution in [0.1, 0.15) is 19.4 Å². The Bertz CT molecular complexity index is 500. The molecule has 0 saturated carbocycles. The number of sulfonamides is 1. The normalized spacial score (nSPS) is 12.5. The first-order chi connectivity index (χ1) is 9.85. The Hall–Kier alpha value is -0.950. The van der Waals surface area contributed by atoms with Crippen LogP contribution in [-0.2, 0) is 25.9 Å². The molecule has 0 spiro atoms. The summed E-state index contributed by atoms with van der Waals surface area (Å²) >= 11 is 0. The highest BCUT2D eigenvalue weighted by atomic mass is 32.2. The summed E-state index contributed by atoms with van der Waals surface area (Å²) in [6.07, 6.45) is 0.637. The van der Waals surface area contributed by atoms with E-state index in [4.69, 9.17) is 9.47 Å². The van der Waals surface area contributed by atoms with Crippen molar-refractivity contribution in [1.29, 1.82) is 0 Å². The molecule has 0 fully saturated rings. The molecule has 0 atom stereocenters. The molecule has 1 aromatic carbocycles. The summed E-state index contributed by atoms with van der Waals surface area (Å²) in [5, 5.41) is 0. The van der Waals surface area contributed by atoms with Crippen molar-refractivity contribution in [3.05, 3.63) is 35.9 Å². The predicted molar refractivity (Wildman–Crippen MR) is 83.8 cm³/mol. The molecule has 5 nitrogen and oxygen atoms in total. The minimum atomic E-state index is -3.36. The van der Waals surface area contributed by atoms with E-state index < -0.39 is 15.6 Å². The summed E-state index contributed by atoms with van der Waals surface area (Å²) in [4.78, 5) is 0. The summed E-state index contributed by atoms with van der Waals surface area (Å²) in [5.74, 6) is -0.0467. The van der Waals surface area contributed by atoms with Gasteiger partial charge in [-0.3, -0.25) is 0 Å². The van der Waals surface area contributed by atoms with Crippen molar-refractivity contribution in [3.8, 4) is 0 Å². The molecule has 1 aromatic rings. The van der Waals surface area contributed by atoms with E-state index in [-0.39, 0.29) is 12.4 Å². The molecule has 0 heterocycles. The molecular formula is C15H25NO4S. The first-order valence-electron chi connectivity index (χ1n) is 6.97. The second-order valence-corrected chi connectivity index (χ2v) is 7.41. The summed E-state index contributed by atoms with van der Waals surface area (Å²) in [7, 11) is -1.79. The van der Waals surface area contributed by atoms with E-state index in [1.807, 2.05) is 44.2 Å². The van der Waals surface area contributed by atoms with Crippen molar-refractivity contribution in [2.75, 3.05) is 32.7 Å². The summed E-state index contributed by atoms with van der Waals surface area (Å²) in [5.41, 5.74) is 0.564. The van der Waals surface area contributed by atoms with Gasteiger partial charge >= 0.3 is 0 Å². The zero-order chi connectivity index (χ0) is 15.8. The lowest BCUT2D eigenvalue weighted by Crippen LogP contribution is -2.46. The standard InChI is InChI=1S/C15H25NO4S/c1-15(2,13-14-7-5-4-6-8-14)16-21(17,18)12-11-20-10-9-19-3/h4-8,16H,9-13H2,1-3H3. The van der Waals surface area contributed by atoms with Crippen LogP contribution in [0.25, 0.3) is 0 Å². The fraction of sp³-hybridized carbons (Fsp3) is 0.600. The van der Waals surface area contributed by atoms with Crippen LogP contribution in [0.15, 0.2) is 30.3 Å². The predicted octanol–water partition coefficient (Wildman–Crippen LogP) is 1.59. The van der Waals surface area contributed by atoms with E-state index in [1.165, 1.54) is 0 Å². The molecule has 0 aliphatic rings. The van der Waals surface area contributed by atoms with E-state index >= 15 is 0 Å². The Morgan fingerprint density at radius 1 is 1.10 bits per heavy atom.